The van der Waals surface area contributed by atoms with Gasteiger partial charge in [0.1, 0.15) is 0 Å². The van der Waals surface area contributed by atoms with E-state index in [1.165, 1.54) is 0 Å². The Kier molecular flexibility index (Phi) is 5.24. The topological polar surface area (TPSA) is 46.9 Å². The van der Waals surface area contributed by atoms with Gasteiger partial charge in [-0.1, -0.05) is 26.0 Å². The first-order valence-corrected chi connectivity index (χ1v) is 7.56. The van der Waals surface area contributed by atoms with E-state index in [1.54, 1.807) is 22.6 Å². The summed E-state index contributed by atoms with van der Waals surface area (Å²) in [5.74, 6) is 0.0114. The molecule has 0 aliphatic carbocycles. The second kappa shape index (κ2) is 7.14. The molecule has 0 saturated carbocycles. The van der Waals surface area contributed by atoms with Crippen LogP contribution in [0.3, 0.4) is 0 Å². The molecule has 1 amide bonds. The number of hydrogen-bond acceptors (Lipinski definition) is 3. The second-order valence-electron chi connectivity index (χ2n) is 4.73. The molecule has 0 bridgehead atoms. The van der Waals surface area contributed by atoms with E-state index >= 15 is 0 Å². The predicted octanol–water partition coefficient (Wildman–Crippen LogP) is 3.41. The van der Waals surface area contributed by atoms with Gasteiger partial charge in [-0.3, -0.25) is 9.48 Å². The van der Waals surface area contributed by atoms with Crippen molar-refractivity contribution < 1.29 is 4.79 Å². The number of benzene rings is 1. The number of anilines is 1. The van der Waals surface area contributed by atoms with Crippen molar-refractivity contribution in [2.45, 2.75) is 37.0 Å². The molecule has 0 unspecified atom stereocenters. The fourth-order valence-corrected chi connectivity index (χ4v) is 2.70. The van der Waals surface area contributed by atoms with Crippen molar-refractivity contribution in [1.82, 2.24) is 9.78 Å². The van der Waals surface area contributed by atoms with Crippen molar-refractivity contribution in [3.63, 3.8) is 0 Å². The molecule has 1 aromatic carbocycles. The fourth-order valence-electron chi connectivity index (χ4n) is 1.79. The van der Waals surface area contributed by atoms with Crippen molar-refractivity contribution in [2.75, 3.05) is 5.32 Å². The van der Waals surface area contributed by atoms with Crippen molar-refractivity contribution in [1.29, 1.82) is 0 Å². The van der Waals surface area contributed by atoms with Crippen molar-refractivity contribution >= 4 is 23.4 Å². The van der Waals surface area contributed by atoms with Crippen LogP contribution in [0.1, 0.15) is 20.3 Å². The molecule has 0 saturated heterocycles. The van der Waals surface area contributed by atoms with E-state index in [2.05, 4.69) is 24.3 Å². The van der Waals surface area contributed by atoms with E-state index in [-0.39, 0.29) is 5.91 Å². The monoisotopic (exact) mass is 289 g/mol. The maximum absolute atomic E-state index is 12.0. The highest BCUT2D eigenvalue weighted by atomic mass is 32.2. The van der Waals surface area contributed by atoms with Crippen molar-refractivity contribution in [3.8, 4) is 0 Å². The molecule has 2 rings (SSSR count). The summed E-state index contributed by atoms with van der Waals surface area (Å²) < 4.78 is 1.76. The van der Waals surface area contributed by atoms with Crippen molar-refractivity contribution in [2.24, 2.45) is 0 Å². The molecule has 1 N–H and O–H groups in total. The Morgan fingerprint density at radius 1 is 1.35 bits per heavy atom. The van der Waals surface area contributed by atoms with E-state index in [9.17, 15) is 4.79 Å². The van der Waals surface area contributed by atoms with Gasteiger partial charge in [-0.05, 0) is 18.2 Å². The van der Waals surface area contributed by atoms with E-state index in [0.717, 1.165) is 10.6 Å². The summed E-state index contributed by atoms with van der Waals surface area (Å²) in [6, 6.07) is 9.76. The number of aryl methyl sites for hydroxylation is 1. The van der Waals surface area contributed by atoms with Crippen LogP contribution in [0.25, 0.3) is 0 Å². The molecule has 4 nitrogen and oxygen atoms in total. The van der Waals surface area contributed by atoms with Crippen LogP contribution < -0.4 is 5.32 Å². The molecule has 0 spiro atoms. The lowest BCUT2D eigenvalue weighted by atomic mass is 10.3. The average Bonchev–Trinajstić information content (AvgIpc) is 2.91. The molecule has 1 aromatic heterocycles. The lowest BCUT2D eigenvalue weighted by Crippen LogP contribution is -2.15. The van der Waals surface area contributed by atoms with Crippen LogP contribution in [-0.2, 0) is 11.3 Å². The zero-order chi connectivity index (χ0) is 14.4. The summed E-state index contributed by atoms with van der Waals surface area (Å²) in [4.78, 5) is 13.1. The number of thioether (sulfide) groups is 1. The molecule has 0 radical (unpaired) electrons. The van der Waals surface area contributed by atoms with Crippen LogP contribution in [0.15, 0.2) is 47.6 Å². The first kappa shape index (κ1) is 14.7. The molecule has 106 valence electrons. The third-order valence-corrected chi connectivity index (χ3v) is 3.73. The van der Waals surface area contributed by atoms with Crippen LogP contribution in [0, 0.1) is 0 Å². The Morgan fingerprint density at radius 2 is 2.15 bits per heavy atom. The van der Waals surface area contributed by atoms with Crippen LogP contribution in [0.2, 0.25) is 0 Å². The quantitative estimate of drug-likeness (QED) is 0.829. The maximum atomic E-state index is 12.0. The van der Waals surface area contributed by atoms with Gasteiger partial charge in [0.25, 0.3) is 0 Å². The minimum Gasteiger partial charge on any atom is -0.325 e. The highest BCUT2D eigenvalue weighted by Gasteiger charge is 2.08. The van der Waals surface area contributed by atoms with Gasteiger partial charge in [0.2, 0.25) is 5.91 Å². The molecule has 20 heavy (non-hydrogen) atoms. The van der Waals surface area contributed by atoms with E-state index in [1.807, 2.05) is 36.5 Å². The fraction of sp³-hybridized carbons (Fsp3) is 0.333. The number of hydrogen-bond donors (Lipinski definition) is 1. The summed E-state index contributed by atoms with van der Waals surface area (Å²) in [7, 11) is 0. The van der Waals surface area contributed by atoms with Gasteiger partial charge >= 0.3 is 0 Å². The van der Waals surface area contributed by atoms with Gasteiger partial charge in [-0.25, -0.2) is 0 Å². The minimum absolute atomic E-state index is 0.0114. The largest absolute Gasteiger partial charge is 0.325 e. The van der Waals surface area contributed by atoms with Gasteiger partial charge in [-0.2, -0.15) is 5.10 Å². The zero-order valence-electron chi connectivity index (χ0n) is 11.7. The molecular weight excluding hydrogens is 270 g/mol. The van der Waals surface area contributed by atoms with E-state index in [0.29, 0.717) is 18.2 Å². The van der Waals surface area contributed by atoms with Gasteiger partial charge < -0.3 is 5.32 Å². The number of nitrogens with zero attached hydrogens (tertiary/aromatic N) is 2. The predicted molar refractivity (Wildman–Crippen MR) is 82.9 cm³/mol. The normalized spacial score (nSPS) is 10.8. The molecule has 0 aliphatic rings. The summed E-state index contributed by atoms with van der Waals surface area (Å²) >= 11 is 1.75. The van der Waals surface area contributed by atoms with Gasteiger partial charge in [0.05, 0.1) is 5.69 Å². The number of nitrogens with one attached hydrogen (secondary N) is 1. The third-order valence-electron chi connectivity index (χ3n) is 2.65. The zero-order valence-corrected chi connectivity index (χ0v) is 12.6. The molecule has 2 aromatic rings. The van der Waals surface area contributed by atoms with Gasteiger partial charge in [-0.15, -0.1) is 11.8 Å². The smallest absolute Gasteiger partial charge is 0.226 e. The van der Waals surface area contributed by atoms with Crippen molar-refractivity contribution in [3.05, 3.63) is 42.7 Å². The Labute approximate surface area is 123 Å². The first-order chi connectivity index (χ1) is 9.65. The number of carbonyl (C=O) groups is 1. The van der Waals surface area contributed by atoms with Crippen LogP contribution >= 0.6 is 11.8 Å². The number of amides is 1. The molecule has 5 heteroatoms. The number of para-hydroxylation sites is 1. The third kappa shape index (κ3) is 4.42. The molecular formula is C15H19N3OS. The van der Waals surface area contributed by atoms with E-state index in [4.69, 9.17) is 0 Å². The Hall–Kier alpha value is -1.75. The van der Waals surface area contributed by atoms with Gasteiger partial charge in [0.15, 0.2) is 0 Å². The number of rotatable bonds is 6. The first-order valence-electron chi connectivity index (χ1n) is 6.68. The molecule has 0 atom stereocenters. The highest BCUT2D eigenvalue weighted by molar-refractivity contribution is 8.00. The highest BCUT2D eigenvalue weighted by Crippen LogP contribution is 2.30. The number of aromatic nitrogens is 2. The average molecular weight is 289 g/mol. The Morgan fingerprint density at radius 3 is 2.85 bits per heavy atom. The summed E-state index contributed by atoms with van der Waals surface area (Å²) in [5, 5.41) is 7.55. The standard InChI is InChI=1S/C15H19N3OS/c1-12(2)20-14-7-4-3-6-13(14)17-15(19)8-11-18-10-5-9-16-18/h3-7,9-10,12H,8,11H2,1-2H3,(H,17,19). The molecule has 1 heterocycles. The minimum atomic E-state index is 0.0114. The maximum Gasteiger partial charge on any atom is 0.226 e. The van der Waals surface area contributed by atoms with Crippen LogP contribution in [0.4, 0.5) is 5.69 Å². The summed E-state index contributed by atoms with van der Waals surface area (Å²) in [5.41, 5.74) is 0.886. The Balaban J connectivity index is 1.93. The lowest BCUT2D eigenvalue weighted by molar-refractivity contribution is -0.116. The molecule has 0 aliphatic heterocycles. The van der Waals surface area contributed by atoms with Gasteiger partial charge in [0, 0.05) is 35.5 Å². The van der Waals surface area contributed by atoms with Crippen LogP contribution in [-0.4, -0.2) is 20.9 Å². The SMILES string of the molecule is CC(C)Sc1ccccc1NC(=O)CCn1cccn1. The Bertz CT molecular complexity index is 552. The number of carbonyl (C=O) groups excluding carboxylic acids is 1. The van der Waals surface area contributed by atoms with Crippen LogP contribution in [0.5, 0.6) is 0 Å². The second-order valence-corrected chi connectivity index (χ2v) is 6.35. The molecule has 0 fully saturated rings. The lowest BCUT2D eigenvalue weighted by Gasteiger charge is -2.12. The summed E-state index contributed by atoms with van der Waals surface area (Å²) in [6.45, 7) is 4.88. The summed E-state index contributed by atoms with van der Waals surface area (Å²) in [6.07, 6.45) is 3.99. The van der Waals surface area contributed by atoms with E-state index < -0.39 is 0 Å².